The number of nitrogens with one attached hydrogen (secondary N) is 1. The fourth-order valence-electron chi connectivity index (χ4n) is 4.73. The zero-order valence-electron chi connectivity index (χ0n) is 27.7. The minimum atomic E-state index is -1.20. The first-order valence-corrected chi connectivity index (χ1v) is 15.9. The maximum Gasteiger partial charge on any atom is 0.309 e. The molecule has 0 aromatic rings. The van der Waals surface area contributed by atoms with Crippen molar-refractivity contribution in [1.29, 1.82) is 0 Å². The first-order chi connectivity index (χ1) is 19.8. The van der Waals surface area contributed by atoms with Gasteiger partial charge in [0.1, 0.15) is 17.8 Å². The Morgan fingerprint density at radius 1 is 1.07 bits per heavy atom. The molecule has 0 spiro atoms. The van der Waals surface area contributed by atoms with Gasteiger partial charge < -0.3 is 40.0 Å². The summed E-state index contributed by atoms with van der Waals surface area (Å²) in [4.78, 5) is 12.6. The monoisotopic (exact) mass is 627 g/mol. The number of hydrogen-bond acceptors (Lipinski definition) is 9. The van der Waals surface area contributed by atoms with Crippen LogP contribution in [-0.4, -0.2) is 85.4 Å². The summed E-state index contributed by atoms with van der Waals surface area (Å²) in [6.45, 7) is 18.2. The van der Waals surface area contributed by atoms with Crippen molar-refractivity contribution in [2.45, 2.75) is 149 Å². The van der Waals surface area contributed by atoms with Crippen LogP contribution in [-0.2, 0) is 19.0 Å². The molecule has 5 N–H and O–H groups in total. The molecule has 0 aromatic carbocycles. The van der Waals surface area contributed by atoms with Crippen LogP contribution in [0.5, 0.6) is 0 Å². The van der Waals surface area contributed by atoms with Crippen LogP contribution in [0.4, 0.5) is 0 Å². The van der Waals surface area contributed by atoms with Gasteiger partial charge in [-0.3, -0.25) is 4.79 Å². The summed E-state index contributed by atoms with van der Waals surface area (Å²) >= 11 is 5.31. The summed E-state index contributed by atoms with van der Waals surface area (Å²) in [6.07, 6.45) is 7.13. The molecule has 1 fully saturated rings. The molecule has 10 atom stereocenters. The molecule has 0 radical (unpaired) electrons. The van der Waals surface area contributed by atoms with Gasteiger partial charge >= 0.3 is 5.97 Å². The zero-order valence-corrected chi connectivity index (χ0v) is 28.6. The topological polar surface area (TPSA) is 141 Å². The number of allylic oxidation sites excluding steroid dienone is 2. The van der Waals surface area contributed by atoms with E-state index in [9.17, 15) is 25.2 Å². The van der Waals surface area contributed by atoms with Gasteiger partial charge in [0.2, 0.25) is 0 Å². The first-order valence-electron chi connectivity index (χ1n) is 15.5. The van der Waals surface area contributed by atoms with E-state index in [1.54, 1.807) is 38.2 Å². The van der Waals surface area contributed by atoms with Crippen LogP contribution in [0.3, 0.4) is 0 Å². The molecule has 0 amide bonds. The second-order valence-corrected chi connectivity index (χ2v) is 13.2. The number of ether oxygens (including phenoxy) is 3. The minimum Gasteiger partial charge on any atom is -0.460 e. The molecule has 248 valence electrons. The summed E-state index contributed by atoms with van der Waals surface area (Å²) < 4.78 is 17.4. The van der Waals surface area contributed by atoms with Crippen LogP contribution in [0.2, 0.25) is 0 Å². The van der Waals surface area contributed by atoms with Gasteiger partial charge in [0.05, 0.1) is 36.4 Å². The molecule has 10 heteroatoms. The highest BCUT2D eigenvalue weighted by Crippen LogP contribution is 2.37. The van der Waals surface area contributed by atoms with E-state index in [1.807, 2.05) is 54.5 Å². The smallest absolute Gasteiger partial charge is 0.309 e. The van der Waals surface area contributed by atoms with E-state index in [2.05, 4.69) is 5.32 Å². The summed E-state index contributed by atoms with van der Waals surface area (Å²) in [7, 11) is 0. The highest BCUT2D eigenvalue weighted by Gasteiger charge is 2.47. The Bertz CT molecular complexity index is 974. The van der Waals surface area contributed by atoms with E-state index in [0.717, 1.165) is 5.57 Å². The quantitative estimate of drug-likeness (QED) is 0.0485. The predicted octanol–water partition coefficient (Wildman–Crippen LogP) is 4.51. The maximum absolute atomic E-state index is 12.6. The molecule has 1 aliphatic rings. The fraction of sp³-hybridized carbons (Fsp3) is 0.758. The normalized spacial score (nSPS) is 24.5. The lowest BCUT2D eigenvalue weighted by atomic mass is 9.91. The van der Waals surface area contributed by atoms with E-state index in [1.165, 1.54) is 6.92 Å². The number of esters is 1. The third-order valence-corrected chi connectivity index (χ3v) is 8.01. The van der Waals surface area contributed by atoms with Gasteiger partial charge in [-0.15, -0.1) is 0 Å². The van der Waals surface area contributed by atoms with E-state index in [0.29, 0.717) is 19.3 Å². The Balaban J connectivity index is 3.11. The summed E-state index contributed by atoms with van der Waals surface area (Å²) in [6, 6.07) is 0.0673. The highest BCUT2D eigenvalue weighted by molar-refractivity contribution is 7.80. The van der Waals surface area contributed by atoms with E-state index in [4.69, 9.17) is 26.4 Å². The van der Waals surface area contributed by atoms with Crippen molar-refractivity contribution in [2.75, 3.05) is 0 Å². The number of epoxide rings is 1. The van der Waals surface area contributed by atoms with Gasteiger partial charge in [-0.05, 0) is 78.3 Å². The van der Waals surface area contributed by atoms with Crippen molar-refractivity contribution in [1.82, 2.24) is 5.32 Å². The van der Waals surface area contributed by atoms with Crippen molar-refractivity contribution in [3.05, 3.63) is 36.0 Å². The lowest BCUT2D eigenvalue weighted by Crippen LogP contribution is -2.44. The Morgan fingerprint density at radius 3 is 2.23 bits per heavy atom. The van der Waals surface area contributed by atoms with Crippen LogP contribution in [0, 0.1) is 11.8 Å². The molecule has 0 aromatic heterocycles. The fourth-order valence-corrected chi connectivity index (χ4v) is 5.07. The molecule has 0 saturated carbocycles. The molecule has 9 nitrogen and oxygen atoms in total. The zero-order chi connectivity index (χ0) is 33.1. The molecular formula is C33H57NO8S. The van der Waals surface area contributed by atoms with Crippen LogP contribution in [0.15, 0.2) is 36.0 Å². The molecule has 1 saturated heterocycles. The number of aliphatic hydroxyl groups is 4. The van der Waals surface area contributed by atoms with Crippen molar-refractivity contribution in [3.8, 4) is 0 Å². The summed E-state index contributed by atoms with van der Waals surface area (Å²) in [5.41, 5.74) is -1.62. The molecule has 1 aliphatic heterocycles. The van der Waals surface area contributed by atoms with Crippen LogP contribution < -0.4 is 5.32 Å². The number of aliphatic hydroxyl groups excluding tert-OH is 2. The summed E-state index contributed by atoms with van der Waals surface area (Å²) in [5.74, 6) is -0.878. The Labute approximate surface area is 264 Å². The number of carbonyl (C=O) groups excluding carboxylic acids is 1. The third-order valence-electron chi connectivity index (χ3n) is 7.80. The van der Waals surface area contributed by atoms with Gasteiger partial charge in [0, 0.05) is 24.3 Å². The largest absolute Gasteiger partial charge is 0.460 e. The molecular weight excluding hydrogens is 570 g/mol. The van der Waals surface area contributed by atoms with E-state index >= 15 is 0 Å². The van der Waals surface area contributed by atoms with E-state index < -0.39 is 41.6 Å². The predicted molar refractivity (Wildman–Crippen MR) is 173 cm³/mol. The van der Waals surface area contributed by atoms with E-state index in [-0.39, 0.29) is 41.7 Å². The number of thiocarbonyl (C=S) groups is 1. The molecule has 1 rings (SSSR count). The van der Waals surface area contributed by atoms with Crippen molar-refractivity contribution in [2.24, 2.45) is 11.8 Å². The summed E-state index contributed by atoms with van der Waals surface area (Å²) in [5, 5.41) is 44.9. The average Bonchev–Trinajstić information content (AvgIpc) is 3.65. The average molecular weight is 628 g/mol. The Morgan fingerprint density at radius 2 is 1.70 bits per heavy atom. The molecule has 1 heterocycles. The second-order valence-electron chi connectivity index (χ2n) is 12.8. The molecule has 10 unspecified atom stereocenters. The van der Waals surface area contributed by atoms with Crippen LogP contribution in [0.1, 0.15) is 94.9 Å². The van der Waals surface area contributed by atoms with Gasteiger partial charge in [0.25, 0.3) is 5.17 Å². The van der Waals surface area contributed by atoms with Crippen molar-refractivity contribution < 1.29 is 39.4 Å². The van der Waals surface area contributed by atoms with Crippen molar-refractivity contribution >= 4 is 23.4 Å². The van der Waals surface area contributed by atoms with Gasteiger partial charge in [-0.1, -0.05) is 52.0 Å². The van der Waals surface area contributed by atoms with Gasteiger partial charge in [0.15, 0.2) is 0 Å². The minimum absolute atomic E-state index is 0.00313. The molecule has 0 aliphatic carbocycles. The van der Waals surface area contributed by atoms with Crippen molar-refractivity contribution in [3.63, 3.8) is 0 Å². The number of hydrogen-bond donors (Lipinski definition) is 5. The lowest BCUT2D eigenvalue weighted by Gasteiger charge is -2.31. The van der Waals surface area contributed by atoms with Gasteiger partial charge in [-0.25, -0.2) is 0 Å². The lowest BCUT2D eigenvalue weighted by molar-refractivity contribution is -0.150. The Kier molecular flexibility index (Phi) is 16.1. The first kappa shape index (κ1) is 39.2. The number of carbonyl (C=O) groups is 1. The molecule has 43 heavy (non-hydrogen) atoms. The molecule has 0 bridgehead atoms. The van der Waals surface area contributed by atoms with Crippen LogP contribution in [0.25, 0.3) is 0 Å². The second kappa shape index (κ2) is 17.6. The maximum atomic E-state index is 12.6. The SMILES string of the molecule is CCC(O)C(C)C1OC1CC(C)(O)/C=C/C=C(\C)C(OC(=O)CC(C)O)C(C)/C=C/C(OC(=S)NC(C)C)C(C)(O)CC. The Hall–Kier alpha value is -1.82. The van der Waals surface area contributed by atoms with Crippen LogP contribution >= 0.6 is 12.2 Å². The van der Waals surface area contributed by atoms with Gasteiger partial charge in [-0.2, -0.15) is 0 Å². The highest BCUT2D eigenvalue weighted by atomic mass is 32.1. The third kappa shape index (κ3) is 14.2. The number of rotatable bonds is 18. The standard InChI is InChI=1S/C33H57NO8S/c1-11-25(36)24(8)30-26(40-30)19-32(9,38)17-13-14-21(5)29(42-28(37)18-23(7)35)22(6)15-16-27(33(10,39)12-2)41-31(43)34-20(3)4/h13-17,20,22-27,29-30,35-36,38-39H,11-12,18-19H2,1-10H3,(H,34,43)/b16-15+,17-13+,21-14+.